The van der Waals surface area contributed by atoms with Gasteiger partial charge < -0.3 is 21.3 Å². The van der Waals surface area contributed by atoms with E-state index in [1.54, 1.807) is 11.8 Å². The molecule has 2 aromatic rings. The Labute approximate surface area is 241 Å². The Bertz CT molecular complexity index is 1320. The van der Waals surface area contributed by atoms with Gasteiger partial charge in [0.05, 0.1) is 16.5 Å². The molecule has 4 aliphatic carbocycles. The van der Waals surface area contributed by atoms with E-state index < -0.39 is 0 Å². The molecule has 1 aromatic carbocycles. The van der Waals surface area contributed by atoms with Crippen LogP contribution in [-0.2, 0) is 11.2 Å². The van der Waals surface area contributed by atoms with Crippen LogP contribution >= 0.6 is 11.8 Å². The number of rotatable bonds is 7. The minimum absolute atomic E-state index is 0.00457. The molecule has 7 unspecified atom stereocenters. The highest BCUT2D eigenvalue weighted by Gasteiger charge is 2.48. The quantitative estimate of drug-likeness (QED) is 0.397. The summed E-state index contributed by atoms with van der Waals surface area (Å²) >= 11 is 1.80. The van der Waals surface area contributed by atoms with Gasteiger partial charge in [0, 0.05) is 29.9 Å². The van der Waals surface area contributed by atoms with Gasteiger partial charge in [0.15, 0.2) is 0 Å². The van der Waals surface area contributed by atoms with Crippen molar-refractivity contribution in [1.29, 1.82) is 0 Å². The first-order valence-corrected chi connectivity index (χ1v) is 16.5. The number of anilines is 3. The highest BCUT2D eigenvalue weighted by Crippen LogP contribution is 2.48. The number of carbonyl (C=O) groups is 1. The summed E-state index contributed by atoms with van der Waals surface area (Å²) in [5, 5.41) is 7.12. The van der Waals surface area contributed by atoms with Crippen LogP contribution in [0.3, 0.4) is 0 Å². The van der Waals surface area contributed by atoms with Crippen LogP contribution in [0.5, 0.6) is 0 Å². The van der Waals surface area contributed by atoms with Crippen molar-refractivity contribution >= 4 is 35.1 Å². The molecule has 3 saturated carbocycles. The van der Waals surface area contributed by atoms with Crippen LogP contribution in [0.25, 0.3) is 0 Å². The average molecular weight is 557 g/mol. The highest BCUT2D eigenvalue weighted by atomic mass is 32.2. The maximum Gasteiger partial charge on any atom is 0.229 e. The van der Waals surface area contributed by atoms with E-state index in [0.717, 1.165) is 58.6 Å². The van der Waals surface area contributed by atoms with Crippen LogP contribution in [0.15, 0.2) is 41.3 Å². The number of hydrogen-bond donors (Lipinski definition) is 3. The van der Waals surface area contributed by atoms with E-state index in [-0.39, 0.29) is 23.8 Å². The van der Waals surface area contributed by atoms with Crippen molar-refractivity contribution in [3.05, 3.63) is 47.7 Å². The second-order valence-corrected chi connectivity index (χ2v) is 14.2. The van der Waals surface area contributed by atoms with Crippen LogP contribution < -0.4 is 16.4 Å². The SMILES string of the molecule is NC(=O)C1C2C=CC(C2)C1Nc1nc(Nc2ccc(C3CCN(C4CC5CCC4C5)CC3)cc2)nc2c1SCC2. The van der Waals surface area contributed by atoms with Gasteiger partial charge in [0.2, 0.25) is 11.9 Å². The summed E-state index contributed by atoms with van der Waals surface area (Å²) in [6.07, 6.45) is 14.8. The lowest BCUT2D eigenvalue weighted by molar-refractivity contribution is -0.122. The summed E-state index contributed by atoms with van der Waals surface area (Å²) in [5.74, 6) is 5.28. The van der Waals surface area contributed by atoms with Gasteiger partial charge in [-0.05, 0) is 98.9 Å². The zero-order valence-electron chi connectivity index (χ0n) is 23.1. The molecule has 8 heteroatoms. The predicted molar refractivity (Wildman–Crippen MR) is 160 cm³/mol. The Balaban J connectivity index is 0.942. The molecule has 8 rings (SSSR count). The molecule has 3 heterocycles. The molecule has 1 aromatic heterocycles. The number of piperidine rings is 1. The zero-order chi connectivity index (χ0) is 26.8. The molecular weight excluding hydrogens is 516 g/mol. The fourth-order valence-electron chi connectivity index (χ4n) is 8.98. The third-order valence-electron chi connectivity index (χ3n) is 10.9. The third-order valence-corrected chi connectivity index (χ3v) is 12.1. The summed E-state index contributed by atoms with van der Waals surface area (Å²) in [7, 11) is 0. The van der Waals surface area contributed by atoms with Crippen LogP contribution in [0, 0.1) is 29.6 Å². The number of allylic oxidation sites excluding steroid dienone is 1. The maximum absolute atomic E-state index is 12.3. The van der Waals surface area contributed by atoms with Crippen molar-refractivity contribution in [2.24, 2.45) is 35.3 Å². The summed E-state index contributed by atoms with van der Waals surface area (Å²) in [4.78, 5) is 26.0. The molecule has 7 atom stereocenters. The second kappa shape index (κ2) is 10.1. The number of nitrogens with two attached hydrogens (primary N) is 1. The molecule has 6 aliphatic rings. The topological polar surface area (TPSA) is 96.2 Å². The number of primary amides is 1. The van der Waals surface area contributed by atoms with Gasteiger partial charge in [0.1, 0.15) is 5.82 Å². The molecule has 2 aliphatic heterocycles. The van der Waals surface area contributed by atoms with Crippen molar-refractivity contribution in [3.8, 4) is 0 Å². The van der Waals surface area contributed by atoms with E-state index in [1.165, 1.54) is 57.2 Å². The van der Waals surface area contributed by atoms with E-state index in [2.05, 4.69) is 52.0 Å². The Morgan fingerprint density at radius 2 is 1.80 bits per heavy atom. The first-order valence-electron chi connectivity index (χ1n) is 15.5. The van der Waals surface area contributed by atoms with Gasteiger partial charge in [0.25, 0.3) is 0 Å². The van der Waals surface area contributed by atoms with Gasteiger partial charge in [-0.25, -0.2) is 4.98 Å². The Hall–Kier alpha value is -2.58. The Kier molecular flexibility index (Phi) is 6.32. The van der Waals surface area contributed by atoms with E-state index in [9.17, 15) is 4.79 Å². The number of fused-ring (bicyclic) bond motifs is 5. The van der Waals surface area contributed by atoms with Crippen LogP contribution in [-0.4, -0.2) is 51.7 Å². The molecule has 0 radical (unpaired) electrons. The smallest absolute Gasteiger partial charge is 0.229 e. The number of aryl methyl sites for hydroxylation is 1. The molecular formula is C32H40N6OS. The molecule has 210 valence electrons. The number of nitrogens with one attached hydrogen (secondary N) is 2. The van der Waals surface area contributed by atoms with E-state index in [4.69, 9.17) is 15.7 Å². The van der Waals surface area contributed by atoms with Gasteiger partial charge in [-0.15, -0.1) is 11.8 Å². The number of carbonyl (C=O) groups excluding carboxylic acids is 1. The standard InChI is InChI=1S/C32H40N6OS/c33-30(39)27-22-3-4-23(17-22)28(27)36-31-29-25(11-14-40-29)35-32(37-31)34-24-7-5-19(6-8-24)20-9-12-38(13-10-20)26-16-18-1-2-21(26)15-18/h3-8,18,20-23,26-28H,1-2,9-17H2,(H2,33,39)(H2,34,35,36,37). The van der Waals surface area contributed by atoms with Crippen molar-refractivity contribution < 1.29 is 4.79 Å². The lowest BCUT2D eigenvalue weighted by Crippen LogP contribution is -2.43. The highest BCUT2D eigenvalue weighted by molar-refractivity contribution is 7.99. The fourth-order valence-corrected chi connectivity index (χ4v) is 10.0. The fraction of sp³-hybridized carbons (Fsp3) is 0.594. The third kappa shape index (κ3) is 4.42. The van der Waals surface area contributed by atoms with Crippen LogP contribution in [0.1, 0.15) is 62.1 Å². The molecule has 0 spiro atoms. The number of aromatic nitrogens is 2. The monoisotopic (exact) mass is 556 g/mol. The van der Waals surface area contributed by atoms with Crippen molar-refractivity contribution in [3.63, 3.8) is 0 Å². The molecule has 4 bridgehead atoms. The first kappa shape index (κ1) is 25.2. The number of thioether (sulfide) groups is 1. The van der Waals surface area contributed by atoms with Crippen molar-refractivity contribution in [1.82, 2.24) is 14.9 Å². The first-order chi connectivity index (χ1) is 19.6. The maximum atomic E-state index is 12.3. The summed E-state index contributed by atoms with van der Waals surface area (Å²) in [5.41, 5.74) is 9.37. The average Bonchev–Trinajstić information content (AvgIpc) is 3.80. The molecule has 40 heavy (non-hydrogen) atoms. The summed E-state index contributed by atoms with van der Waals surface area (Å²) in [6.45, 7) is 2.51. The number of likely N-dealkylation sites (tertiary alicyclic amines) is 1. The van der Waals surface area contributed by atoms with Crippen molar-refractivity contribution in [2.45, 2.75) is 74.3 Å². The minimum atomic E-state index is -0.220. The predicted octanol–water partition coefficient (Wildman–Crippen LogP) is 5.32. The molecule has 7 nitrogen and oxygen atoms in total. The number of hydrogen-bond acceptors (Lipinski definition) is 7. The minimum Gasteiger partial charge on any atom is -0.369 e. The van der Waals surface area contributed by atoms with Crippen LogP contribution in [0.2, 0.25) is 0 Å². The Morgan fingerprint density at radius 1 is 0.975 bits per heavy atom. The number of amides is 1. The van der Waals surface area contributed by atoms with Crippen LogP contribution in [0.4, 0.5) is 17.5 Å². The van der Waals surface area contributed by atoms with Gasteiger partial charge in [-0.1, -0.05) is 30.7 Å². The van der Waals surface area contributed by atoms with E-state index in [1.807, 2.05) is 0 Å². The number of benzene rings is 1. The zero-order valence-corrected chi connectivity index (χ0v) is 23.9. The summed E-state index contributed by atoms with van der Waals surface area (Å²) < 4.78 is 0. The molecule has 1 saturated heterocycles. The second-order valence-electron chi connectivity index (χ2n) is 13.1. The molecule has 4 fully saturated rings. The largest absolute Gasteiger partial charge is 0.369 e. The van der Waals surface area contributed by atoms with Gasteiger partial charge in [-0.3, -0.25) is 4.79 Å². The Morgan fingerprint density at radius 3 is 2.55 bits per heavy atom. The van der Waals surface area contributed by atoms with Gasteiger partial charge >= 0.3 is 0 Å². The van der Waals surface area contributed by atoms with E-state index >= 15 is 0 Å². The lowest BCUT2D eigenvalue weighted by atomic mass is 9.86. The molecule has 1 amide bonds. The molecule has 4 N–H and O–H groups in total. The number of nitrogens with zero attached hydrogens (tertiary/aromatic N) is 3. The van der Waals surface area contributed by atoms with E-state index in [0.29, 0.717) is 17.8 Å². The lowest BCUT2D eigenvalue weighted by Gasteiger charge is -2.39. The van der Waals surface area contributed by atoms with Crippen molar-refractivity contribution in [2.75, 3.05) is 29.5 Å². The van der Waals surface area contributed by atoms with Gasteiger partial charge in [-0.2, -0.15) is 4.98 Å². The summed E-state index contributed by atoms with van der Waals surface area (Å²) in [6, 6.07) is 9.82. The normalized spacial score (nSPS) is 34.5.